The summed E-state index contributed by atoms with van der Waals surface area (Å²) in [5, 5.41) is 0. The molecule has 1 aromatic carbocycles. The van der Waals surface area contributed by atoms with Crippen LogP contribution >= 0.6 is 0 Å². The fraction of sp³-hybridized carbons (Fsp3) is 0.500. The maximum atomic E-state index is 13.4. The molecule has 29 heavy (non-hydrogen) atoms. The number of rotatable bonds is 5. The van der Waals surface area contributed by atoms with Gasteiger partial charge in [0.05, 0.1) is 32.6 Å². The van der Waals surface area contributed by atoms with E-state index >= 15 is 0 Å². The second-order valence-electron chi connectivity index (χ2n) is 7.17. The third-order valence-electron chi connectivity index (χ3n) is 5.45. The normalized spacial score (nSPS) is 17.8. The number of nitrogens with zero attached hydrogens (tertiary/aromatic N) is 4. The lowest BCUT2D eigenvalue weighted by molar-refractivity contribution is 0.122. The summed E-state index contributed by atoms with van der Waals surface area (Å²) in [7, 11) is -2.21. The van der Waals surface area contributed by atoms with Crippen LogP contribution in [-0.4, -0.2) is 62.6 Å². The number of hydrogen-bond donors (Lipinski definition) is 0. The molecule has 2 aliphatic heterocycles. The summed E-state index contributed by atoms with van der Waals surface area (Å²) in [5.41, 5.74) is 2.73. The maximum absolute atomic E-state index is 13.4. The van der Waals surface area contributed by atoms with Crippen molar-refractivity contribution >= 4 is 16.0 Å². The van der Waals surface area contributed by atoms with Gasteiger partial charge in [-0.3, -0.25) is 0 Å². The van der Waals surface area contributed by atoms with Gasteiger partial charge in [0.1, 0.15) is 10.6 Å². The van der Waals surface area contributed by atoms with Crippen LogP contribution in [0.2, 0.25) is 0 Å². The third kappa shape index (κ3) is 3.94. The minimum absolute atomic E-state index is 0.213. The average molecular weight is 419 g/mol. The molecule has 0 aliphatic carbocycles. The van der Waals surface area contributed by atoms with Gasteiger partial charge in [-0.1, -0.05) is 13.0 Å². The predicted octanol–water partition coefficient (Wildman–Crippen LogP) is 1.63. The van der Waals surface area contributed by atoms with Crippen LogP contribution in [0.5, 0.6) is 5.75 Å². The van der Waals surface area contributed by atoms with Gasteiger partial charge in [-0.2, -0.15) is 4.31 Å². The highest BCUT2D eigenvalue weighted by atomic mass is 32.2. The molecule has 0 N–H and O–H groups in total. The molecule has 0 saturated carbocycles. The Kier molecular flexibility index (Phi) is 5.71. The first kappa shape index (κ1) is 20.1. The Balaban J connectivity index is 1.63. The van der Waals surface area contributed by atoms with Crippen molar-refractivity contribution in [2.75, 3.05) is 44.9 Å². The van der Waals surface area contributed by atoms with Crippen molar-refractivity contribution < 1.29 is 17.9 Å². The zero-order valence-corrected chi connectivity index (χ0v) is 17.6. The Morgan fingerprint density at radius 3 is 2.72 bits per heavy atom. The van der Waals surface area contributed by atoms with Crippen LogP contribution in [0.3, 0.4) is 0 Å². The second-order valence-corrected chi connectivity index (χ2v) is 9.08. The Labute approximate surface area is 171 Å². The summed E-state index contributed by atoms with van der Waals surface area (Å²) >= 11 is 0. The van der Waals surface area contributed by atoms with Gasteiger partial charge in [0, 0.05) is 25.8 Å². The first-order chi connectivity index (χ1) is 14.0. The molecule has 1 fully saturated rings. The zero-order chi connectivity index (χ0) is 20.4. The van der Waals surface area contributed by atoms with Crippen molar-refractivity contribution in [1.29, 1.82) is 0 Å². The van der Waals surface area contributed by atoms with E-state index in [0.29, 0.717) is 37.9 Å². The fourth-order valence-electron chi connectivity index (χ4n) is 3.67. The van der Waals surface area contributed by atoms with E-state index in [2.05, 4.69) is 9.88 Å². The summed E-state index contributed by atoms with van der Waals surface area (Å²) in [6.45, 7) is 5.40. The average Bonchev–Trinajstić information content (AvgIpc) is 2.78. The minimum atomic E-state index is -3.70. The summed E-state index contributed by atoms with van der Waals surface area (Å²) in [6.07, 6.45) is 3.18. The molecule has 0 amide bonds. The molecule has 3 heterocycles. The minimum Gasteiger partial charge on any atom is -0.495 e. The zero-order valence-electron chi connectivity index (χ0n) is 16.8. The third-order valence-corrected chi connectivity index (χ3v) is 7.31. The van der Waals surface area contributed by atoms with E-state index in [1.807, 2.05) is 19.2 Å². The van der Waals surface area contributed by atoms with Crippen LogP contribution in [0.4, 0.5) is 5.95 Å². The lowest BCUT2D eigenvalue weighted by Gasteiger charge is -2.30. The largest absolute Gasteiger partial charge is 0.495 e. The SMILES string of the molecule is CCc1ccc(OC)c(S(=O)(=O)N2CCc3cnc(N4CCOCC4)nc3C2)c1. The van der Waals surface area contributed by atoms with Gasteiger partial charge in [0.25, 0.3) is 0 Å². The second kappa shape index (κ2) is 8.25. The van der Waals surface area contributed by atoms with E-state index in [0.717, 1.165) is 36.3 Å². The lowest BCUT2D eigenvalue weighted by atomic mass is 10.1. The Bertz CT molecular complexity index is 990. The number of anilines is 1. The smallest absolute Gasteiger partial charge is 0.247 e. The van der Waals surface area contributed by atoms with Gasteiger partial charge in [0.2, 0.25) is 16.0 Å². The predicted molar refractivity (Wildman–Crippen MR) is 109 cm³/mol. The van der Waals surface area contributed by atoms with Gasteiger partial charge < -0.3 is 14.4 Å². The standard InChI is InChI=1S/C20H26N4O4S/c1-3-15-4-5-18(27-2)19(12-15)29(25,26)24-7-6-16-13-21-20(22-17(16)14-24)23-8-10-28-11-9-23/h4-5,12-13H,3,6-11,14H2,1-2H3. The van der Waals surface area contributed by atoms with Crippen LogP contribution in [0.15, 0.2) is 29.3 Å². The summed E-state index contributed by atoms with van der Waals surface area (Å²) in [6, 6.07) is 5.33. The molecule has 0 radical (unpaired) electrons. The van der Waals surface area contributed by atoms with Crippen molar-refractivity contribution in [3.63, 3.8) is 0 Å². The molecule has 1 saturated heterocycles. The summed E-state index contributed by atoms with van der Waals surface area (Å²) < 4.78 is 39.0. The molecule has 9 heteroatoms. The molecular formula is C20H26N4O4S. The first-order valence-corrected chi connectivity index (χ1v) is 11.3. The van der Waals surface area contributed by atoms with Gasteiger partial charge >= 0.3 is 0 Å². The highest BCUT2D eigenvalue weighted by Gasteiger charge is 2.32. The molecule has 2 aromatic rings. The molecule has 4 rings (SSSR count). The van der Waals surface area contributed by atoms with E-state index in [1.165, 1.54) is 11.4 Å². The van der Waals surface area contributed by atoms with Gasteiger partial charge in [-0.25, -0.2) is 18.4 Å². The van der Waals surface area contributed by atoms with Crippen LogP contribution in [0.25, 0.3) is 0 Å². The van der Waals surface area contributed by atoms with Gasteiger partial charge in [-0.05, 0) is 36.1 Å². The number of morpholine rings is 1. The molecule has 0 atom stereocenters. The number of hydrogen-bond acceptors (Lipinski definition) is 7. The Morgan fingerprint density at radius 2 is 2.00 bits per heavy atom. The fourth-order valence-corrected chi connectivity index (χ4v) is 5.28. The van der Waals surface area contributed by atoms with Crippen LogP contribution in [0.1, 0.15) is 23.7 Å². The molecule has 8 nitrogen and oxygen atoms in total. The molecule has 0 bridgehead atoms. The van der Waals surface area contributed by atoms with Crippen molar-refractivity contribution in [3.8, 4) is 5.75 Å². The highest BCUT2D eigenvalue weighted by molar-refractivity contribution is 7.89. The number of aromatic nitrogens is 2. The number of methoxy groups -OCH3 is 1. The van der Waals surface area contributed by atoms with E-state index < -0.39 is 10.0 Å². The lowest BCUT2D eigenvalue weighted by Crippen LogP contribution is -2.39. The molecule has 156 valence electrons. The maximum Gasteiger partial charge on any atom is 0.247 e. The van der Waals surface area contributed by atoms with Crippen LogP contribution in [0, 0.1) is 0 Å². The van der Waals surface area contributed by atoms with Gasteiger partial charge in [0.15, 0.2) is 0 Å². The van der Waals surface area contributed by atoms with Crippen molar-refractivity contribution in [3.05, 3.63) is 41.2 Å². The van der Waals surface area contributed by atoms with Crippen molar-refractivity contribution in [1.82, 2.24) is 14.3 Å². The van der Waals surface area contributed by atoms with E-state index in [9.17, 15) is 8.42 Å². The van der Waals surface area contributed by atoms with Gasteiger partial charge in [-0.15, -0.1) is 0 Å². The summed E-state index contributed by atoms with van der Waals surface area (Å²) in [4.78, 5) is 11.5. The van der Waals surface area contributed by atoms with E-state index in [4.69, 9.17) is 14.5 Å². The van der Waals surface area contributed by atoms with Crippen molar-refractivity contribution in [2.45, 2.75) is 31.2 Å². The molecule has 0 spiro atoms. The highest BCUT2D eigenvalue weighted by Crippen LogP contribution is 2.31. The quantitative estimate of drug-likeness (QED) is 0.730. The van der Waals surface area contributed by atoms with E-state index in [-0.39, 0.29) is 11.4 Å². The Morgan fingerprint density at radius 1 is 1.21 bits per heavy atom. The molecule has 1 aromatic heterocycles. The Hall–Kier alpha value is -2.23. The summed E-state index contributed by atoms with van der Waals surface area (Å²) in [5.74, 6) is 1.00. The monoisotopic (exact) mass is 418 g/mol. The number of sulfonamides is 1. The van der Waals surface area contributed by atoms with Crippen LogP contribution < -0.4 is 9.64 Å². The molecule has 2 aliphatic rings. The number of benzene rings is 1. The number of fused-ring (bicyclic) bond motifs is 1. The molecule has 0 unspecified atom stereocenters. The van der Waals surface area contributed by atoms with Crippen molar-refractivity contribution in [2.24, 2.45) is 0 Å². The molecular weight excluding hydrogens is 392 g/mol. The van der Waals surface area contributed by atoms with E-state index in [1.54, 1.807) is 12.1 Å². The number of ether oxygens (including phenoxy) is 2. The first-order valence-electron chi connectivity index (χ1n) is 9.87. The van der Waals surface area contributed by atoms with Crippen LogP contribution in [-0.2, 0) is 34.1 Å². The number of aryl methyl sites for hydroxylation is 1. The topological polar surface area (TPSA) is 84.9 Å².